The molecular formula is C21H22N2O4S3. The van der Waals surface area contributed by atoms with Crippen LogP contribution >= 0.6 is 22.7 Å². The van der Waals surface area contributed by atoms with Gasteiger partial charge in [-0.25, -0.2) is 8.42 Å². The molecule has 4 rings (SSSR count). The van der Waals surface area contributed by atoms with Gasteiger partial charge >= 0.3 is 0 Å². The van der Waals surface area contributed by atoms with Gasteiger partial charge in [-0.3, -0.25) is 9.10 Å². The molecule has 1 aliphatic heterocycles. The molecule has 0 fully saturated rings. The number of carbonyl (C=O) groups excluding carboxylic acids is 1. The smallest absolute Gasteiger partial charge is 0.273 e. The van der Waals surface area contributed by atoms with Gasteiger partial charge in [0.05, 0.1) is 11.7 Å². The summed E-state index contributed by atoms with van der Waals surface area (Å²) in [5.41, 5.74) is 1.75. The van der Waals surface area contributed by atoms with Crippen molar-refractivity contribution in [3.63, 3.8) is 0 Å². The molecule has 3 heterocycles. The fourth-order valence-corrected chi connectivity index (χ4v) is 6.83. The van der Waals surface area contributed by atoms with Crippen LogP contribution in [-0.4, -0.2) is 39.4 Å². The van der Waals surface area contributed by atoms with Gasteiger partial charge in [-0.2, -0.15) is 0 Å². The molecule has 1 amide bonds. The number of thiophene rings is 2. The van der Waals surface area contributed by atoms with Crippen molar-refractivity contribution in [1.29, 1.82) is 0 Å². The van der Waals surface area contributed by atoms with E-state index in [9.17, 15) is 13.2 Å². The van der Waals surface area contributed by atoms with Gasteiger partial charge in [0.25, 0.3) is 15.9 Å². The molecule has 1 atom stereocenters. The van der Waals surface area contributed by atoms with E-state index in [1.165, 1.54) is 33.1 Å². The molecule has 0 unspecified atom stereocenters. The van der Waals surface area contributed by atoms with Crippen LogP contribution in [0.2, 0.25) is 0 Å². The molecule has 30 heavy (non-hydrogen) atoms. The minimum atomic E-state index is -3.58. The van der Waals surface area contributed by atoms with Gasteiger partial charge in [0, 0.05) is 18.5 Å². The second-order valence-corrected chi connectivity index (χ2v) is 11.1. The van der Waals surface area contributed by atoms with E-state index in [1.54, 1.807) is 53.1 Å². The summed E-state index contributed by atoms with van der Waals surface area (Å²) in [6.45, 7) is 2.69. The monoisotopic (exact) mass is 462 g/mol. The highest BCUT2D eigenvalue weighted by Gasteiger charge is 2.28. The van der Waals surface area contributed by atoms with Crippen molar-refractivity contribution in [3.8, 4) is 5.75 Å². The van der Waals surface area contributed by atoms with Crippen LogP contribution in [-0.2, 0) is 21.2 Å². The Balaban J connectivity index is 1.38. The Morgan fingerprint density at radius 1 is 1.17 bits per heavy atom. The minimum absolute atomic E-state index is 0.0491. The van der Waals surface area contributed by atoms with E-state index in [-0.39, 0.29) is 18.6 Å². The maximum atomic E-state index is 12.7. The molecule has 0 aliphatic carbocycles. The highest BCUT2D eigenvalue weighted by atomic mass is 32.2. The third-order valence-corrected chi connectivity index (χ3v) is 9.43. The Bertz CT molecular complexity index is 1120. The van der Waals surface area contributed by atoms with Crippen LogP contribution in [0.5, 0.6) is 5.75 Å². The lowest BCUT2D eigenvalue weighted by Gasteiger charge is -2.33. The van der Waals surface area contributed by atoms with Gasteiger partial charge in [0.2, 0.25) is 0 Å². The fraction of sp³-hybridized carbons (Fsp3) is 0.286. The molecule has 2 aromatic heterocycles. The summed E-state index contributed by atoms with van der Waals surface area (Å²) in [6, 6.07) is 12.1. The van der Waals surface area contributed by atoms with Crippen LogP contribution in [0.4, 0.5) is 5.69 Å². The van der Waals surface area contributed by atoms with E-state index in [2.05, 4.69) is 11.4 Å². The number of amides is 1. The summed E-state index contributed by atoms with van der Waals surface area (Å²) in [5.74, 6) is 0.468. The zero-order valence-electron chi connectivity index (χ0n) is 16.6. The van der Waals surface area contributed by atoms with Crippen molar-refractivity contribution < 1.29 is 17.9 Å². The van der Waals surface area contributed by atoms with Crippen molar-refractivity contribution in [2.24, 2.45) is 0 Å². The molecule has 0 saturated carbocycles. The van der Waals surface area contributed by atoms with Crippen LogP contribution in [0, 0.1) is 0 Å². The van der Waals surface area contributed by atoms with Crippen molar-refractivity contribution in [3.05, 3.63) is 63.7 Å². The summed E-state index contributed by atoms with van der Waals surface area (Å²) >= 11 is 2.92. The van der Waals surface area contributed by atoms with Crippen molar-refractivity contribution >= 4 is 44.3 Å². The normalized spacial score (nSPS) is 16.2. The molecular weight excluding hydrogens is 440 g/mol. The molecule has 6 nitrogen and oxygen atoms in total. The average molecular weight is 463 g/mol. The summed E-state index contributed by atoms with van der Waals surface area (Å²) in [4.78, 5) is 15.9. The second-order valence-electron chi connectivity index (χ2n) is 7.00. The summed E-state index contributed by atoms with van der Waals surface area (Å²) in [6.07, 6.45) is 0.878. The Labute approximate surface area is 184 Å². The van der Waals surface area contributed by atoms with E-state index in [0.29, 0.717) is 22.2 Å². The number of benzene rings is 1. The first kappa shape index (κ1) is 20.9. The maximum Gasteiger partial charge on any atom is 0.273 e. The van der Waals surface area contributed by atoms with Gasteiger partial charge in [0.1, 0.15) is 9.96 Å². The van der Waals surface area contributed by atoms with Crippen molar-refractivity contribution in [2.45, 2.75) is 23.6 Å². The number of hydrogen-bond donors (Lipinski definition) is 0. The lowest BCUT2D eigenvalue weighted by Crippen LogP contribution is -2.40. The molecule has 158 valence electrons. The lowest BCUT2D eigenvalue weighted by atomic mass is 10.0. The molecule has 0 spiro atoms. The van der Waals surface area contributed by atoms with Crippen molar-refractivity contribution in [2.75, 3.05) is 24.5 Å². The first-order chi connectivity index (χ1) is 14.4. The van der Waals surface area contributed by atoms with E-state index in [4.69, 9.17) is 4.74 Å². The molecule has 0 saturated heterocycles. The zero-order chi connectivity index (χ0) is 21.3. The van der Waals surface area contributed by atoms with Gasteiger partial charge in [-0.15, -0.1) is 22.7 Å². The zero-order valence-corrected chi connectivity index (χ0v) is 19.1. The number of sulfonamides is 1. The molecule has 1 aromatic carbocycles. The molecule has 1 aliphatic rings. The number of ether oxygens (including phenoxy) is 1. The first-order valence-electron chi connectivity index (χ1n) is 9.49. The molecule has 3 aromatic rings. The largest absolute Gasteiger partial charge is 0.484 e. The van der Waals surface area contributed by atoms with Crippen LogP contribution < -0.4 is 9.04 Å². The van der Waals surface area contributed by atoms with E-state index in [0.717, 1.165) is 6.42 Å². The molecule has 0 N–H and O–H groups in total. The summed E-state index contributed by atoms with van der Waals surface area (Å²) in [5, 5.41) is 3.81. The topological polar surface area (TPSA) is 66.9 Å². The first-order valence-corrected chi connectivity index (χ1v) is 12.7. The third kappa shape index (κ3) is 3.97. The standard InChI is InChI=1S/C21H22N2O4S3/c1-15-18-10-13-28-19(18)9-11-23(15)20(24)14-27-17-7-5-16(6-8-17)22(2)30(25,26)21-4-3-12-29-21/h3-8,10,12-13,15H,9,11,14H2,1-2H3/t15-/m1/s1. The van der Waals surface area contributed by atoms with Crippen LogP contribution in [0.3, 0.4) is 0 Å². The average Bonchev–Trinajstić information content (AvgIpc) is 3.44. The number of rotatable bonds is 6. The van der Waals surface area contributed by atoms with Gasteiger partial charge < -0.3 is 9.64 Å². The molecule has 9 heteroatoms. The van der Waals surface area contributed by atoms with Gasteiger partial charge in [-0.1, -0.05) is 6.07 Å². The van der Waals surface area contributed by atoms with E-state index in [1.807, 2.05) is 11.8 Å². The number of hydrogen-bond acceptors (Lipinski definition) is 6. The molecule has 0 bridgehead atoms. The summed E-state index contributed by atoms with van der Waals surface area (Å²) < 4.78 is 32.5. The Morgan fingerprint density at radius 2 is 1.93 bits per heavy atom. The van der Waals surface area contributed by atoms with Crippen LogP contribution in [0.15, 0.2) is 57.4 Å². The third-order valence-electron chi connectivity index (χ3n) is 5.27. The Morgan fingerprint density at radius 3 is 2.63 bits per heavy atom. The highest BCUT2D eigenvalue weighted by molar-refractivity contribution is 7.94. The molecule has 0 radical (unpaired) electrons. The Hall–Kier alpha value is -2.36. The quantitative estimate of drug-likeness (QED) is 0.552. The second kappa shape index (κ2) is 8.41. The highest BCUT2D eigenvalue weighted by Crippen LogP contribution is 2.33. The van der Waals surface area contributed by atoms with Gasteiger partial charge in [0.15, 0.2) is 6.61 Å². The predicted octanol–water partition coefficient (Wildman–Crippen LogP) is 4.16. The van der Waals surface area contributed by atoms with Crippen molar-refractivity contribution in [1.82, 2.24) is 4.90 Å². The van der Waals surface area contributed by atoms with E-state index >= 15 is 0 Å². The number of carbonyl (C=O) groups is 1. The van der Waals surface area contributed by atoms with E-state index < -0.39 is 10.0 Å². The number of fused-ring (bicyclic) bond motifs is 1. The van der Waals surface area contributed by atoms with Gasteiger partial charge in [-0.05, 0) is 66.1 Å². The van der Waals surface area contributed by atoms with Crippen LogP contribution in [0.1, 0.15) is 23.4 Å². The maximum absolute atomic E-state index is 12.7. The lowest BCUT2D eigenvalue weighted by molar-refractivity contribution is -0.135. The SMILES string of the molecule is C[C@@H]1c2ccsc2CCN1C(=O)COc1ccc(N(C)S(=O)(=O)c2cccs2)cc1. The summed E-state index contributed by atoms with van der Waals surface area (Å²) in [7, 11) is -2.06. The minimum Gasteiger partial charge on any atom is -0.484 e. The Kier molecular flexibility index (Phi) is 5.86. The predicted molar refractivity (Wildman–Crippen MR) is 120 cm³/mol. The van der Waals surface area contributed by atoms with Crippen LogP contribution in [0.25, 0.3) is 0 Å². The number of nitrogens with zero attached hydrogens (tertiary/aromatic N) is 2. The fourth-order valence-electron chi connectivity index (χ4n) is 3.51. The number of anilines is 1.